The molecule has 0 unspecified atom stereocenters. The number of nitrogens with zero attached hydrogens (tertiary/aromatic N) is 5. The third kappa shape index (κ3) is 3.76. The molecule has 0 N–H and O–H groups in total. The first-order valence-electron chi connectivity index (χ1n) is 9.79. The van der Waals surface area contributed by atoms with Crippen molar-refractivity contribution >= 4 is 0 Å². The lowest BCUT2D eigenvalue weighted by Gasteiger charge is -2.28. The second-order valence-electron chi connectivity index (χ2n) is 7.92. The summed E-state index contributed by atoms with van der Waals surface area (Å²) in [4.78, 5) is 12.2. The van der Waals surface area contributed by atoms with Crippen molar-refractivity contribution in [2.24, 2.45) is 0 Å². The van der Waals surface area contributed by atoms with Crippen LogP contribution in [-0.4, -0.2) is 31.2 Å². The number of hydrogen-bond donors (Lipinski definition) is 0. The maximum absolute atomic E-state index is 4.95. The Kier molecular flexibility index (Phi) is 4.84. The van der Waals surface area contributed by atoms with Crippen molar-refractivity contribution in [1.29, 1.82) is 0 Å². The van der Waals surface area contributed by atoms with Crippen LogP contribution in [0.5, 0.6) is 0 Å². The van der Waals surface area contributed by atoms with Crippen molar-refractivity contribution in [3.63, 3.8) is 0 Å². The molecule has 3 heterocycles. The van der Waals surface area contributed by atoms with E-state index in [2.05, 4.69) is 36.2 Å². The maximum atomic E-state index is 4.95. The molecule has 1 aliphatic carbocycles. The van der Waals surface area contributed by atoms with Crippen LogP contribution in [0.1, 0.15) is 80.6 Å². The number of aromatic nitrogens is 4. The standard InChI is InChI=1S/C20H29N5/c1-15(2)25-13-16(10-22-25)12-24-9-8-19-18(14-24)11-21-20(23-19)17-6-4-3-5-7-17/h10-11,13,15,17H,3-9,12,14H2,1-2H3. The van der Waals surface area contributed by atoms with Crippen molar-refractivity contribution in [3.8, 4) is 0 Å². The van der Waals surface area contributed by atoms with Gasteiger partial charge in [0, 0.05) is 67.2 Å². The monoisotopic (exact) mass is 339 g/mol. The molecule has 0 atom stereocenters. The Labute approximate surface area is 150 Å². The lowest BCUT2D eigenvalue weighted by Crippen LogP contribution is -2.31. The van der Waals surface area contributed by atoms with Gasteiger partial charge < -0.3 is 0 Å². The van der Waals surface area contributed by atoms with E-state index in [1.54, 1.807) is 0 Å². The summed E-state index contributed by atoms with van der Waals surface area (Å²) in [6, 6.07) is 0.419. The Morgan fingerprint density at radius 2 is 2.00 bits per heavy atom. The Balaban J connectivity index is 1.42. The first-order valence-corrected chi connectivity index (χ1v) is 9.79. The summed E-state index contributed by atoms with van der Waals surface area (Å²) in [5, 5.41) is 4.45. The number of fused-ring (bicyclic) bond motifs is 1. The van der Waals surface area contributed by atoms with Gasteiger partial charge in [0.15, 0.2) is 0 Å². The molecule has 1 saturated carbocycles. The summed E-state index contributed by atoms with van der Waals surface area (Å²) in [7, 11) is 0. The molecular formula is C20H29N5. The van der Waals surface area contributed by atoms with E-state index in [4.69, 9.17) is 9.97 Å². The van der Waals surface area contributed by atoms with Gasteiger partial charge in [-0.15, -0.1) is 0 Å². The predicted octanol–water partition coefficient (Wildman–Crippen LogP) is 3.86. The third-order valence-corrected chi connectivity index (χ3v) is 5.59. The van der Waals surface area contributed by atoms with Crippen molar-refractivity contribution in [2.45, 2.75) is 77.4 Å². The second kappa shape index (κ2) is 7.24. The highest BCUT2D eigenvalue weighted by molar-refractivity contribution is 5.22. The van der Waals surface area contributed by atoms with Crippen LogP contribution in [0, 0.1) is 0 Å². The highest BCUT2D eigenvalue weighted by Gasteiger charge is 2.23. The van der Waals surface area contributed by atoms with E-state index < -0.39 is 0 Å². The predicted molar refractivity (Wildman–Crippen MR) is 98.3 cm³/mol. The highest BCUT2D eigenvalue weighted by atomic mass is 15.3. The molecule has 0 radical (unpaired) electrons. The van der Waals surface area contributed by atoms with E-state index in [1.807, 2.05) is 10.9 Å². The van der Waals surface area contributed by atoms with Gasteiger partial charge in [0.05, 0.1) is 6.20 Å². The van der Waals surface area contributed by atoms with Crippen LogP contribution >= 0.6 is 0 Å². The van der Waals surface area contributed by atoms with Gasteiger partial charge in [-0.2, -0.15) is 5.10 Å². The zero-order valence-corrected chi connectivity index (χ0v) is 15.5. The molecule has 0 saturated heterocycles. The molecule has 0 amide bonds. The molecule has 2 aromatic heterocycles. The van der Waals surface area contributed by atoms with E-state index in [0.29, 0.717) is 12.0 Å². The van der Waals surface area contributed by atoms with E-state index in [-0.39, 0.29) is 0 Å². The molecule has 134 valence electrons. The molecule has 0 aromatic carbocycles. The molecule has 4 rings (SSSR count). The summed E-state index contributed by atoms with van der Waals surface area (Å²) < 4.78 is 2.03. The Morgan fingerprint density at radius 1 is 1.16 bits per heavy atom. The van der Waals surface area contributed by atoms with Gasteiger partial charge >= 0.3 is 0 Å². The summed E-state index contributed by atoms with van der Waals surface area (Å²) >= 11 is 0. The molecule has 1 aliphatic heterocycles. The largest absolute Gasteiger partial charge is 0.294 e. The first kappa shape index (κ1) is 16.7. The molecule has 0 spiro atoms. The van der Waals surface area contributed by atoms with Crippen molar-refractivity contribution in [1.82, 2.24) is 24.6 Å². The first-order chi connectivity index (χ1) is 12.2. The van der Waals surface area contributed by atoms with Gasteiger partial charge in [-0.25, -0.2) is 9.97 Å². The molecule has 2 aliphatic rings. The Morgan fingerprint density at radius 3 is 2.76 bits per heavy atom. The molecule has 1 fully saturated rings. The van der Waals surface area contributed by atoms with E-state index in [9.17, 15) is 0 Å². The summed E-state index contributed by atoms with van der Waals surface area (Å²) in [6.07, 6.45) is 13.9. The van der Waals surface area contributed by atoms with E-state index >= 15 is 0 Å². The minimum atomic E-state index is 0.419. The minimum Gasteiger partial charge on any atom is -0.294 e. The van der Waals surface area contributed by atoms with Crippen molar-refractivity contribution in [3.05, 3.63) is 41.2 Å². The summed E-state index contributed by atoms with van der Waals surface area (Å²) in [5.74, 6) is 1.70. The van der Waals surface area contributed by atoms with Crippen LogP contribution in [0.3, 0.4) is 0 Å². The van der Waals surface area contributed by atoms with Gasteiger partial charge in [-0.1, -0.05) is 19.3 Å². The zero-order valence-electron chi connectivity index (χ0n) is 15.5. The fourth-order valence-electron chi connectivity index (χ4n) is 4.08. The van der Waals surface area contributed by atoms with Crippen molar-refractivity contribution < 1.29 is 0 Å². The smallest absolute Gasteiger partial charge is 0.131 e. The maximum Gasteiger partial charge on any atom is 0.131 e. The highest BCUT2D eigenvalue weighted by Crippen LogP contribution is 2.31. The number of rotatable bonds is 4. The van der Waals surface area contributed by atoms with Crippen molar-refractivity contribution in [2.75, 3.05) is 6.54 Å². The SMILES string of the molecule is CC(C)n1cc(CN2CCc3nc(C4CCCCC4)ncc3C2)cn1. The van der Waals surface area contributed by atoms with Gasteiger partial charge in [0.2, 0.25) is 0 Å². The average Bonchev–Trinajstić information content (AvgIpc) is 3.11. The fourth-order valence-corrected chi connectivity index (χ4v) is 4.08. The second-order valence-corrected chi connectivity index (χ2v) is 7.92. The summed E-state index contributed by atoms with van der Waals surface area (Å²) in [6.45, 7) is 7.30. The van der Waals surface area contributed by atoms with Gasteiger partial charge in [-0.05, 0) is 26.7 Å². The molecule has 5 heteroatoms. The topological polar surface area (TPSA) is 46.8 Å². The van der Waals surface area contributed by atoms with Gasteiger partial charge in [0.25, 0.3) is 0 Å². The lowest BCUT2D eigenvalue weighted by atomic mass is 9.88. The Bertz CT molecular complexity index is 715. The van der Waals surface area contributed by atoms with Crippen LogP contribution in [0.2, 0.25) is 0 Å². The van der Waals surface area contributed by atoms with Crippen LogP contribution in [-0.2, 0) is 19.5 Å². The average molecular weight is 339 g/mol. The molecule has 5 nitrogen and oxygen atoms in total. The zero-order chi connectivity index (χ0) is 17.2. The molecule has 2 aromatic rings. The van der Waals surface area contributed by atoms with Crippen LogP contribution in [0.15, 0.2) is 18.6 Å². The molecule has 25 heavy (non-hydrogen) atoms. The van der Waals surface area contributed by atoms with Crippen LogP contribution in [0.4, 0.5) is 0 Å². The van der Waals surface area contributed by atoms with Crippen LogP contribution in [0.25, 0.3) is 0 Å². The Hall–Kier alpha value is -1.75. The molecular weight excluding hydrogens is 310 g/mol. The lowest BCUT2D eigenvalue weighted by molar-refractivity contribution is 0.242. The quantitative estimate of drug-likeness (QED) is 0.848. The van der Waals surface area contributed by atoms with E-state index in [1.165, 1.54) is 48.9 Å². The summed E-state index contributed by atoms with van der Waals surface area (Å²) in [5.41, 5.74) is 3.88. The van der Waals surface area contributed by atoms with E-state index in [0.717, 1.165) is 31.9 Å². The minimum absolute atomic E-state index is 0.419. The van der Waals surface area contributed by atoms with Gasteiger partial charge in [-0.3, -0.25) is 9.58 Å². The normalized spacial score (nSPS) is 19.3. The van der Waals surface area contributed by atoms with Gasteiger partial charge in [0.1, 0.15) is 5.82 Å². The van der Waals surface area contributed by atoms with Crippen LogP contribution < -0.4 is 0 Å². The third-order valence-electron chi connectivity index (χ3n) is 5.59. The fraction of sp³-hybridized carbons (Fsp3) is 0.650. The number of hydrogen-bond acceptors (Lipinski definition) is 4. The molecule has 0 bridgehead atoms.